The topological polar surface area (TPSA) is 78.7 Å². The molecule has 156 valence electrons. The van der Waals surface area contributed by atoms with E-state index in [-0.39, 0.29) is 12.0 Å². The quantitative estimate of drug-likeness (QED) is 0.624. The number of aryl methyl sites for hydroxylation is 2. The standard InChI is InChI=1S/C22H24N4O4/c1-14-6-5-7-21(23-14)30-16-12-26(13-16)22(27)19-11-18(24-25(19)2)17-10-15(28-3)8-9-20(17)29-4/h5-11,16H,12-13H2,1-4H3. The number of amides is 1. The Balaban J connectivity index is 1.47. The summed E-state index contributed by atoms with van der Waals surface area (Å²) in [5, 5.41) is 4.52. The summed E-state index contributed by atoms with van der Waals surface area (Å²) in [5.74, 6) is 1.85. The molecule has 0 saturated carbocycles. The largest absolute Gasteiger partial charge is 0.497 e. The molecule has 4 rings (SSSR count). The van der Waals surface area contributed by atoms with Gasteiger partial charge in [-0.05, 0) is 37.3 Å². The summed E-state index contributed by atoms with van der Waals surface area (Å²) in [7, 11) is 4.96. The van der Waals surface area contributed by atoms with Gasteiger partial charge in [0.15, 0.2) is 0 Å². The molecule has 0 unspecified atom stereocenters. The first-order chi connectivity index (χ1) is 14.5. The Morgan fingerprint density at radius 2 is 1.90 bits per heavy atom. The Morgan fingerprint density at radius 3 is 2.60 bits per heavy atom. The molecule has 0 spiro atoms. The van der Waals surface area contributed by atoms with Crippen molar-refractivity contribution in [3.8, 4) is 28.6 Å². The molecule has 0 radical (unpaired) electrons. The Kier molecular flexibility index (Phi) is 5.31. The highest BCUT2D eigenvalue weighted by atomic mass is 16.5. The van der Waals surface area contributed by atoms with Crippen molar-refractivity contribution < 1.29 is 19.0 Å². The van der Waals surface area contributed by atoms with Crippen LogP contribution in [0, 0.1) is 6.92 Å². The van der Waals surface area contributed by atoms with Gasteiger partial charge in [-0.1, -0.05) is 6.07 Å². The van der Waals surface area contributed by atoms with Crippen LogP contribution in [0.3, 0.4) is 0 Å². The van der Waals surface area contributed by atoms with Crippen LogP contribution >= 0.6 is 0 Å². The number of carbonyl (C=O) groups excluding carboxylic acids is 1. The minimum Gasteiger partial charge on any atom is -0.497 e. The van der Waals surface area contributed by atoms with Crippen LogP contribution in [-0.2, 0) is 7.05 Å². The van der Waals surface area contributed by atoms with Crippen molar-refractivity contribution in [3.05, 3.63) is 53.9 Å². The number of hydrogen-bond acceptors (Lipinski definition) is 6. The first kappa shape index (κ1) is 19.8. The molecule has 1 aliphatic heterocycles. The van der Waals surface area contributed by atoms with Crippen molar-refractivity contribution >= 4 is 5.91 Å². The highest BCUT2D eigenvalue weighted by Gasteiger charge is 2.34. The number of carbonyl (C=O) groups is 1. The number of likely N-dealkylation sites (tertiary alicyclic amines) is 1. The number of nitrogens with zero attached hydrogens (tertiary/aromatic N) is 4. The summed E-state index contributed by atoms with van der Waals surface area (Å²) in [4.78, 5) is 19.0. The number of rotatable bonds is 6. The molecule has 1 saturated heterocycles. The smallest absolute Gasteiger partial charge is 0.272 e. The third-order valence-corrected chi connectivity index (χ3v) is 5.07. The third kappa shape index (κ3) is 3.80. The molecule has 8 heteroatoms. The molecule has 1 aliphatic rings. The van der Waals surface area contributed by atoms with Gasteiger partial charge in [0.1, 0.15) is 23.3 Å². The second kappa shape index (κ2) is 8.06. The Hall–Kier alpha value is -3.55. The van der Waals surface area contributed by atoms with Crippen LogP contribution < -0.4 is 14.2 Å². The highest BCUT2D eigenvalue weighted by Crippen LogP contribution is 2.33. The van der Waals surface area contributed by atoms with Crippen molar-refractivity contribution in [1.29, 1.82) is 0 Å². The Morgan fingerprint density at radius 1 is 1.10 bits per heavy atom. The molecule has 1 fully saturated rings. The predicted octanol–water partition coefficient (Wildman–Crippen LogP) is 2.71. The fourth-order valence-electron chi connectivity index (χ4n) is 3.41. The van der Waals surface area contributed by atoms with E-state index in [0.29, 0.717) is 41.9 Å². The lowest BCUT2D eigenvalue weighted by Gasteiger charge is -2.38. The number of ether oxygens (including phenoxy) is 3. The van der Waals surface area contributed by atoms with E-state index in [1.807, 2.05) is 43.3 Å². The second-order valence-corrected chi connectivity index (χ2v) is 7.17. The SMILES string of the molecule is COc1ccc(OC)c(-c2cc(C(=O)N3CC(Oc4cccc(C)n4)C3)n(C)n2)c1. The van der Waals surface area contributed by atoms with E-state index in [2.05, 4.69) is 10.1 Å². The van der Waals surface area contributed by atoms with Gasteiger partial charge in [-0.2, -0.15) is 5.10 Å². The van der Waals surface area contributed by atoms with Gasteiger partial charge < -0.3 is 19.1 Å². The van der Waals surface area contributed by atoms with Crippen molar-refractivity contribution in [2.45, 2.75) is 13.0 Å². The maximum absolute atomic E-state index is 13.0. The van der Waals surface area contributed by atoms with Crippen LogP contribution in [0.25, 0.3) is 11.3 Å². The number of hydrogen-bond donors (Lipinski definition) is 0. The lowest BCUT2D eigenvalue weighted by Crippen LogP contribution is -2.56. The fourth-order valence-corrected chi connectivity index (χ4v) is 3.41. The molecule has 0 bridgehead atoms. The molecule has 30 heavy (non-hydrogen) atoms. The maximum Gasteiger partial charge on any atom is 0.272 e. The Labute approximate surface area is 175 Å². The molecule has 0 atom stereocenters. The zero-order chi connectivity index (χ0) is 21.3. The van der Waals surface area contributed by atoms with Crippen LogP contribution in [0.2, 0.25) is 0 Å². The zero-order valence-corrected chi connectivity index (χ0v) is 17.5. The zero-order valence-electron chi connectivity index (χ0n) is 17.5. The van der Waals surface area contributed by atoms with Gasteiger partial charge in [0, 0.05) is 24.4 Å². The lowest BCUT2D eigenvalue weighted by atomic mass is 10.1. The van der Waals surface area contributed by atoms with Gasteiger partial charge in [0.2, 0.25) is 5.88 Å². The molecule has 8 nitrogen and oxygen atoms in total. The van der Waals surface area contributed by atoms with Crippen molar-refractivity contribution in [2.75, 3.05) is 27.3 Å². The van der Waals surface area contributed by atoms with Crippen LogP contribution in [0.1, 0.15) is 16.2 Å². The molecule has 0 N–H and O–H groups in total. The van der Waals surface area contributed by atoms with E-state index in [1.54, 1.807) is 36.9 Å². The number of methoxy groups -OCH3 is 2. The molecular formula is C22H24N4O4. The van der Waals surface area contributed by atoms with E-state index in [1.165, 1.54) is 0 Å². The number of pyridine rings is 1. The average Bonchev–Trinajstić information content (AvgIpc) is 3.11. The second-order valence-electron chi connectivity index (χ2n) is 7.17. The monoisotopic (exact) mass is 408 g/mol. The van der Waals surface area contributed by atoms with Crippen LogP contribution in [-0.4, -0.2) is 59.0 Å². The van der Waals surface area contributed by atoms with Crippen LogP contribution in [0.5, 0.6) is 17.4 Å². The van der Waals surface area contributed by atoms with Gasteiger partial charge in [0.25, 0.3) is 5.91 Å². The molecule has 1 amide bonds. The number of benzene rings is 1. The summed E-state index contributed by atoms with van der Waals surface area (Å²) >= 11 is 0. The summed E-state index contributed by atoms with van der Waals surface area (Å²) in [6, 6.07) is 12.9. The lowest BCUT2D eigenvalue weighted by molar-refractivity contribution is 0.0151. The summed E-state index contributed by atoms with van der Waals surface area (Å²) in [5.41, 5.74) is 2.81. The third-order valence-electron chi connectivity index (χ3n) is 5.07. The summed E-state index contributed by atoms with van der Waals surface area (Å²) in [6.07, 6.45) is -0.0607. The first-order valence-corrected chi connectivity index (χ1v) is 9.64. The Bertz CT molecular complexity index is 1070. The van der Waals surface area contributed by atoms with E-state index in [4.69, 9.17) is 14.2 Å². The van der Waals surface area contributed by atoms with E-state index < -0.39 is 0 Å². The first-order valence-electron chi connectivity index (χ1n) is 9.64. The maximum atomic E-state index is 13.0. The van der Waals surface area contributed by atoms with Gasteiger partial charge >= 0.3 is 0 Å². The molecule has 2 aromatic heterocycles. The predicted molar refractivity (Wildman–Crippen MR) is 111 cm³/mol. The van der Waals surface area contributed by atoms with Gasteiger partial charge in [-0.25, -0.2) is 4.98 Å². The van der Waals surface area contributed by atoms with Crippen molar-refractivity contribution in [1.82, 2.24) is 19.7 Å². The molecular weight excluding hydrogens is 384 g/mol. The fraction of sp³-hybridized carbons (Fsp3) is 0.318. The minimum atomic E-state index is -0.0878. The van der Waals surface area contributed by atoms with E-state index in [0.717, 1.165) is 11.3 Å². The van der Waals surface area contributed by atoms with Gasteiger partial charge in [0.05, 0.1) is 33.0 Å². The van der Waals surface area contributed by atoms with Crippen LogP contribution in [0.4, 0.5) is 0 Å². The normalized spacial score (nSPS) is 13.7. The van der Waals surface area contributed by atoms with Crippen molar-refractivity contribution in [3.63, 3.8) is 0 Å². The van der Waals surface area contributed by atoms with Gasteiger partial charge in [-0.15, -0.1) is 0 Å². The summed E-state index contributed by atoms with van der Waals surface area (Å²) in [6.45, 7) is 2.94. The van der Waals surface area contributed by atoms with Gasteiger partial charge in [-0.3, -0.25) is 9.48 Å². The van der Waals surface area contributed by atoms with E-state index in [9.17, 15) is 4.79 Å². The van der Waals surface area contributed by atoms with E-state index >= 15 is 0 Å². The van der Waals surface area contributed by atoms with Crippen molar-refractivity contribution in [2.24, 2.45) is 7.05 Å². The van der Waals surface area contributed by atoms with Crippen LogP contribution in [0.15, 0.2) is 42.5 Å². The minimum absolute atomic E-state index is 0.0607. The molecule has 3 aromatic rings. The molecule has 1 aromatic carbocycles. The summed E-state index contributed by atoms with van der Waals surface area (Å²) < 4.78 is 18.2. The number of aromatic nitrogens is 3. The molecule has 3 heterocycles. The highest BCUT2D eigenvalue weighted by molar-refractivity contribution is 5.94. The molecule has 0 aliphatic carbocycles. The average molecular weight is 408 g/mol.